The molecular formula is C9H7ClN4O3S. The van der Waals surface area contributed by atoms with Gasteiger partial charge in [-0.1, -0.05) is 11.6 Å². The van der Waals surface area contributed by atoms with Gasteiger partial charge >= 0.3 is 11.7 Å². The second kappa shape index (κ2) is 4.83. The monoisotopic (exact) mass is 286 g/mol. The number of H-pyrrole nitrogens is 1. The molecule has 0 aromatic carbocycles. The van der Waals surface area contributed by atoms with Gasteiger partial charge in [-0.05, 0) is 23.9 Å². The lowest BCUT2D eigenvalue weighted by Gasteiger charge is -2.03. The van der Waals surface area contributed by atoms with Crippen LogP contribution in [0.4, 0.5) is 0 Å². The van der Waals surface area contributed by atoms with Crippen molar-refractivity contribution in [1.29, 1.82) is 0 Å². The van der Waals surface area contributed by atoms with Crippen LogP contribution in [0.3, 0.4) is 0 Å². The predicted octanol–water partition coefficient (Wildman–Crippen LogP) is 1.01. The first kappa shape index (κ1) is 12.7. The summed E-state index contributed by atoms with van der Waals surface area (Å²) in [5.74, 6) is -1.12. The third-order valence-electron chi connectivity index (χ3n) is 2.08. The van der Waals surface area contributed by atoms with Crippen molar-refractivity contribution in [3.05, 3.63) is 33.3 Å². The smallest absolute Gasteiger partial charge is 0.343 e. The minimum Gasteiger partial charge on any atom is -0.478 e. The van der Waals surface area contributed by atoms with Crippen LogP contribution in [0, 0.1) is 0 Å². The van der Waals surface area contributed by atoms with Crippen LogP contribution >= 0.6 is 23.4 Å². The first-order valence-electron chi connectivity index (χ1n) is 4.68. The Balaban J connectivity index is 2.45. The van der Waals surface area contributed by atoms with E-state index >= 15 is 0 Å². The second-order valence-electron chi connectivity index (χ2n) is 3.26. The Morgan fingerprint density at radius 3 is 2.83 bits per heavy atom. The zero-order valence-corrected chi connectivity index (χ0v) is 10.6. The molecule has 0 saturated carbocycles. The third-order valence-corrected chi connectivity index (χ3v) is 3.35. The average molecular weight is 287 g/mol. The lowest BCUT2D eigenvalue weighted by atomic mass is 10.3. The standard InChI is InChI=1S/C9H7ClN4O3S/c1-14-8(17)12-13-9(14)18-6-4(7(15)16)2-3-5(10)11-6/h2-3H,1H3,(H,12,17)(H,15,16). The highest BCUT2D eigenvalue weighted by Gasteiger charge is 2.16. The molecule has 0 saturated heterocycles. The molecule has 0 amide bonds. The minimum absolute atomic E-state index is 0.000140. The molecule has 94 valence electrons. The number of halogens is 1. The van der Waals surface area contributed by atoms with Gasteiger partial charge < -0.3 is 5.11 Å². The number of hydrogen-bond acceptors (Lipinski definition) is 5. The van der Waals surface area contributed by atoms with Gasteiger partial charge in [-0.2, -0.15) is 0 Å². The van der Waals surface area contributed by atoms with Crippen molar-refractivity contribution in [2.24, 2.45) is 7.05 Å². The zero-order valence-electron chi connectivity index (χ0n) is 9.05. The van der Waals surface area contributed by atoms with E-state index in [-0.39, 0.29) is 15.7 Å². The summed E-state index contributed by atoms with van der Waals surface area (Å²) in [5.41, 5.74) is -0.392. The lowest BCUT2D eigenvalue weighted by Crippen LogP contribution is -2.13. The van der Waals surface area contributed by atoms with Crippen LogP contribution in [-0.2, 0) is 7.05 Å². The summed E-state index contributed by atoms with van der Waals surface area (Å²) >= 11 is 6.67. The van der Waals surface area contributed by atoms with E-state index in [0.29, 0.717) is 5.16 Å². The Morgan fingerprint density at radius 2 is 2.28 bits per heavy atom. The number of carboxylic acid groups (broad SMARTS) is 1. The van der Waals surface area contributed by atoms with Gasteiger partial charge in [0.05, 0.1) is 5.56 Å². The van der Waals surface area contributed by atoms with E-state index < -0.39 is 11.7 Å². The van der Waals surface area contributed by atoms with E-state index in [1.165, 1.54) is 23.7 Å². The molecule has 0 aliphatic rings. The third kappa shape index (κ3) is 2.39. The molecule has 7 nitrogen and oxygen atoms in total. The largest absolute Gasteiger partial charge is 0.478 e. The Kier molecular flexibility index (Phi) is 3.39. The highest BCUT2D eigenvalue weighted by Crippen LogP contribution is 2.27. The van der Waals surface area contributed by atoms with E-state index in [1.807, 2.05) is 0 Å². The fourth-order valence-electron chi connectivity index (χ4n) is 1.17. The van der Waals surface area contributed by atoms with Crippen molar-refractivity contribution < 1.29 is 9.90 Å². The Hall–Kier alpha value is -1.80. The number of hydrogen-bond donors (Lipinski definition) is 2. The number of carboxylic acids is 1. The van der Waals surface area contributed by atoms with Crippen molar-refractivity contribution in [2.45, 2.75) is 10.2 Å². The van der Waals surface area contributed by atoms with Crippen LogP contribution in [0.15, 0.2) is 27.1 Å². The molecule has 0 aliphatic heterocycles. The van der Waals surface area contributed by atoms with Gasteiger partial charge in [0.25, 0.3) is 0 Å². The van der Waals surface area contributed by atoms with Gasteiger partial charge in [-0.25, -0.2) is 19.7 Å². The van der Waals surface area contributed by atoms with Crippen molar-refractivity contribution in [3.8, 4) is 0 Å². The van der Waals surface area contributed by atoms with Gasteiger partial charge in [-0.15, -0.1) is 5.10 Å². The molecule has 2 aromatic rings. The van der Waals surface area contributed by atoms with Crippen molar-refractivity contribution in [1.82, 2.24) is 19.7 Å². The predicted molar refractivity (Wildman–Crippen MR) is 64.2 cm³/mol. The number of aromatic nitrogens is 4. The number of rotatable bonds is 3. The summed E-state index contributed by atoms with van der Waals surface area (Å²) < 4.78 is 1.25. The molecule has 2 aromatic heterocycles. The van der Waals surface area contributed by atoms with Gasteiger partial charge in [-0.3, -0.25) is 4.57 Å². The molecular weight excluding hydrogens is 280 g/mol. The number of nitrogens with one attached hydrogen (secondary N) is 1. The maximum absolute atomic E-state index is 11.2. The highest BCUT2D eigenvalue weighted by atomic mass is 35.5. The number of nitrogens with zero attached hydrogens (tertiary/aromatic N) is 3. The summed E-state index contributed by atoms with van der Waals surface area (Å²) in [7, 11) is 1.51. The summed E-state index contributed by atoms with van der Waals surface area (Å²) in [5, 5.41) is 15.7. The number of aromatic carboxylic acids is 1. The highest BCUT2D eigenvalue weighted by molar-refractivity contribution is 7.99. The molecule has 0 bridgehead atoms. The van der Waals surface area contributed by atoms with Gasteiger partial charge in [0, 0.05) is 7.05 Å². The number of carbonyl (C=O) groups is 1. The normalized spacial score (nSPS) is 10.6. The van der Waals surface area contributed by atoms with Gasteiger partial charge in [0.2, 0.25) is 0 Å². The molecule has 0 radical (unpaired) electrons. The SMILES string of the molecule is Cn1c(Sc2nc(Cl)ccc2C(=O)O)n[nH]c1=O. The zero-order chi connectivity index (χ0) is 13.3. The Morgan fingerprint density at radius 1 is 1.56 bits per heavy atom. The molecule has 0 aliphatic carbocycles. The molecule has 0 spiro atoms. The van der Waals surface area contributed by atoms with E-state index in [0.717, 1.165) is 11.8 Å². The maximum Gasteiger partial charge on any atom is 0.343 e. The van der Waals surface area contributed by atoms with Crippen molar-refractivity contribution in [2.75, 3.05) is 0 Å². The maximum atomic E-state index is 11.2. The first-order chi connectivity index (χ1) is 8.49. The van der Waals surface area contributed by atoms with Crippen LogP contribution < -0.4 is 5.69 Å². The Bertz CT molecular complexity index is 666. The molecule has 2 heterocycles. The van der Waals surface area contributed by atoms with Crippen LogP contribution in [0.5, 0.6) is 0 Å². The minimum atomic E-state index is -1.12. The van der Waals surface area contributed by atoms with E-state index in [9.17, 15) is 9.59 Å². The molecule has 9 heteroatoms. The fourth-order valence-corrected chi connectivity index (χ4v) is 2.26. The van der Waals surface area contributed by atoms with E-state index in [2.05, 4.69) is 15.2 Å². The molecule has 0 unspecified atom stereocenters. The van der Waals surface area contributed by atoms with E-state index in [1.54, 1.807) is 0 Å². The quantitative estimate of drug-likeness (QED) is 0.817. The second-order valence-corrected chi connectivity index (χ2v) is 4.61. The van der Waals surface area contributed by atoms with Crippen LogP contribution in [0.1, 0.15) is 10.4 Å². The lowest BCUT2D eigenvalue weighted by molar-refractivity contribution is 0.0692. The summed E-state index contributed by atoms with van der Waals surface area (Å²) in [4.78, 5) is 26.1. The Labute approximate surface area is 110 Å². The first-order valence-corrected chi connectivity index (χ1v) is 5.87. The molecule has 0 atom stereocenters. The average Bonchev–Trinajstić information content (AvgIpc) is 2.61. The van der Waals surface area contributed by atoms with Crippen LogP contribution in [0.2, 0.25) is 5.15 Å². The summed E-state index contributed by atoms with van der Waals surface area (Å²) in [6, 6.07) is 2.74. The summed E-state index contributed by atoms with van der Waals surface area (Å²) in [6.45, 7) is 0. The molecule has 2 N–H and O–H groups in total. The summed E-state index contributed by atoms with van der Waals surface area (Å²) in [6.07, 6.45) is 0. The van der Waals surface area contributed by atoms with Crippen molar-refractivity contribution >= 4 is 29.3 Å². The van der Waals surface area contributed by atoms with Crippen LogP contribution in [-0.4, -0.2) is 30.8 Å². The molecule has 0 fully saturated rings. The molecule has 2 rings (SSSR count). The van der Waals surface area contributed by atoms with E-state index in [4.69, 9.17) is 16.7 Å². The van der Waals surface area contributed by atoms with Crippen molar-refractivity contribution in [3.63, 3.8) is 0 Å². The fraction of sp³-hybridized carbons (Fsp3) is 0.111. The van der Waals surface area contributed by atoms with Gasteiger partial charge in [0.15, 0.2) is 5.16 Å². The van der Waals surface area contributed by atoms with Crippen LogP contribution in [0.25, 0.3) is 0 Å². The number of aromatic amines is 1. The number of pyridine rings is 1. The van der Waals surface area contributed by atoms with Gasteiger partial charge in [0.1, 0.15) is 10.2 Å². The molecule has 18 heavy (non-hydrogen) atoms. The topological polar surface area (TPSA) is 101 Å².